The normalized spacial score (nSPS) is 11.8. The van der Waals surface area contributed by atoms with Gasteiger partial charge in [-0.25, -0.2) is 0 Å². The average Bonchev–Trinajstić information content (AvgIpc) is 2.85. The highest BCUT2D eigenvalue weighted by Gasteiger charge is 2.23. The van der Waals surface area contributed by atoms with Crippen LogP contribution in [0.5, 0.6) is 0 Å². The molecule has 0 amide bonds. The van der Waals surface area contributed by atoms with Gasteiger partial charge in [0.15, 0.2) is 5.78 Å². The van der Waals surface area contributed by atoms with Crippen molar-refractivity contribution in [2.24, 2.45) is 0 Å². The summed E-state index contributed by atoms with van der Waals surface area (Å²) in [6.07, 6.45) is 0. The van der Waals surface area contributed by atoms with Crippen LogP contribution in [-0.2, 0) is 20.2 Å². The predicted octanol–water partition coefficient (Wildman–Crippen LogP) is 4.88. The summed E-state index contributed by atoms with van der Waals surface area (Å²) in [5, 5.41) is 0. The molecule has 0 aliphatic heterocycles. The van der Waals surface area contributed by atoms with E-state index in [1.807, 2.05) is 0 Å². The van der Waals surface area contributed by atoms with Crippen LogP contribution in [0.4, 0.5) is 11.4 Å². The lowest BCUT2D eigenvalue weighted by molar-refractivity contribution is 0.103. The third-order valence-electron chi connectivity index (χ3n) is 5.18. The van der Waals surface area contributed by atoms with Crippen molar-refractivity contribution in [1.82, 2.24) is 0 Å². The first kappa shape index (κ1) is 27.7. The highest BCUT2D eigenvalue weighted by atomic mass is 32.2. The van der Waals surface area contributed by atoms with Crippen LogP contribution in [0.25, 0.3) is 0 Å². The van der Waals surface area contributed by atoms with Crippen LogP contribution in [0.15, 0.2) is 114 Å². The lowest BCUT2D eigenvalue weighted by Gasteiger charge is -2.11. The molecular weight excluding hydrogens is 569 g/mol. The lowest BCUT2D eigenvalue weighted by atomic mass is 10.0. The van der Waals surface area contributed by atoms with Crippen molar-refractivity contribution in [3.05, 3.63) is 96.1 Å². The minimum atomic E-state index is -4.72. The number of hydrogen-bond donors (Lipinski definition) is 4. The summed E-state index contributed by atoms with van der Waals surface area (Å²) in [6.45, 7) is 0. The van der Waals surface area contributed by atoms with E-state index in [9.17, 15) is 30.7 Å². The van der Waals surface area contributed by atoms with E-state index in [-0.39, 0.29) is 20.9 Å². The topological polar surface area (TPSA) is 178 Å². The zero-order valence-electron chi connectivity index (χ0n) is 19.3. The Bertz CT molecular complexity index is 1610. The number of ketones is 1. The average molecular weight is 589 g/mol. The van der Waals surface area contributed by atoms with Crippen LogP contribution in [0.2, 0.25) is 0 Å². The molecule has 4 aromatic rings. The van der Waals surface area contributed by atoms with Crippen LogP contribution < -0.4 is 11.5 Å². The minimum absolute atomic E-state index is 0.112. The Labute approximate surface area is 227 Å². The number of rotatable bonds is 8. The molecule has 6 N–H and O–H groups in total. The Balaban J connectivity index is 1.71. The Hall–Kier alpha value is -3.33. The van der Waals surface area contributed by atoms with Crippen molar-refractivity contribution < 1.29 is 30.7 Å². The second-order valence-corrected chi connectivity index (χ2v) is 13.0. The maximum Gasteiger partial charge on any atom is 0.295 e. The Kier molecular flexibility index (Phi) is 7.88. The molecule has 9 nitrogen and oxygen atoms in total. The van der Waals surface area contributed by atoms with Crippen molar-refractivity contribution in [3.8, 4) is 0 Å². The molecule has 0 unspecified atom stereocenters. The first-order chi connectivity index (χ1) is 17.8. The molecule has 4 aromatic carbocycles. The van der Waals surface area contributed by atoms with E-state index in [1.165, 1.54) is 24.3 Å². The number of carbonyl (C=O) groups excluding carboxylic acids is 1. The molecule has 0 aromatic heterocycles. The number of carbonyl (C=O) groups is 1. The minimum Gasteiger partial charge on any atom is -0.399 e. The lowest BCUT2D eigenvalue weighted by Crippen LogP contribution is -2.08. The molecule has 0 saturated carbocycles. The number of benzene rings is 4. The zero-order chi connectivity index (χ0) is 27.7. The van der Waals surface area contributed by atoms with E-state index in [0.717, 1.165) is 35.7 Å². The van der Waals surface area contributed by atoms with E-state index in [0.29, 0.717) is 21.2 Å². The van der Waals surface area contributed by atoms with Crippen molar-refractivity contribution in [3.63, 3.8) is 0 Å². The van der Waals surface area contributed by atoms with Crippen LogP contribution in [-0.4, -0.2) is 31.7 Å². The quantitative estimate of drug-likeness (QED) is 0.125. The zero-order valence-corrected chi connectivity index (χ0v) is 22.6. The fourth-order valence-corrected chi connectivity index (χ4v) is 7.08. The molecule has 196 valence electrons. The molecule has 0 saturated heterocycles. The Morgan fingerprint density at radius 1 is 0.579 bits per heavy atom. The standard InChI is InChI=1S/C25H20N2O7S4/c26-17-3-7-19(8-4-17)35-21-11-1-15(13-23(21)37(29,30)31)25(28)16-2-12-22(24(14-16)38(32,33)34)36-20-9-5-18(27)6-10-20/h1-14H,26-27H2,(H,29,30,31)(H,32,33,34). The summed E-state index contributed by atoms with van der Waals surface area (Å²) in [6, 6.07) is 20.7. The molecule has 0 fully saturated rings. The maximum absolute atomic E-state index is 13.2. The molecular formula is C25H20N2O7S4. The third kappa shape index (κ3) is 6.56. The molecule has 0 aliphatic carbocycles. The third-order valence-corrected chi connectivity index (χ3v) is 9.40. The molecule has 38 heavy (non-hydrogen) atoms. The van der Waals surface area contributed by atoms with Gasteiger partial charge in [-0.1, -0.05) is 23.5 Å². The van der Waals surface area contributed by atoms with Crippen LogP contribution in [0.3, 0.4) is 0 Å². The van der Waals surface area contributed by atoms with Crippen molar-refractivity contribution >= 4 is 60.9 Å². The molecule has 0 aliphatic rings. The molecule has 0 heterocycles. The number of anilines is 2. The fraction of sp³-hybridized carbons (Fsp3) is 0. The van der Waals surface area contributed by atoms with Gasteiger partial charge in [-0.05, 0) is 84.9 Å². The highest BCUT2D eigenvalue weighted by Crippen LogP contribution is 2.36. The summed E-state index contributed by atoms with van der Waals surface area (Å²) < 4.78 is 68.1. The fourth-order valence-electron chi connectivity index (χ4n) is 3.36. The van der Waals surface area contributed by atoms with Gasteiger partial charge in [0.25, 0.3) is 20.2 Å². The molecule has 13 heteroatoms. The molecule has 4 rings (SSSR count). The van der Waals surface area contributed by atoms with Gasteiger partial charge < -0.3 is 11.5 Å². The van der Waals surface area contributed by atoms with Crippen molar-refractivity contribution in [2.45, 2.75) is 29.4 Å². The SMILES string of the molecule is Nc1ccc(Sc2ccc(C(=O)c3ccc(Sc4ccc(N)cc4)c(S(=O)(=O)O)c3)cc2S(=O)(=O)O)cc1. The van der Waals surface area contributed by atoms with E-state index in [2.05, 4.69) is 0 Å². The van der Waals surface area contributed by atoms with Crippen LogP contribution in [0.1, 0.15) is 15.9 Å². The molecule has 0 bridgehead atoms. The summed E-state index contributed by atoms with van der Waals surface area (Å²) in [5.41, 5.74) is 12.2. The number of nitrogens with two attached hydrogens (primary N) is 2. The molecule has 0 atom stereocenters. The molecule has 0 radical (unpaired) electrons. The van der Waals surface area contributed by atoms with Crippen molar-refractivity contribution in [1.29, 1.82) is 0 Å². The van der Waals surface area contributed by atoms with E-state index in [4.69, 9.17) is 11.5 Å². The van der Waals surface area contributed by atoms with E-state index in [1.54, 1.807) is 48.5 Å². The summed E-state index contributed by atoms with van der Waals surface area (Å²) in [4.78, 5) is 13.9. The van der Waals surface area contributed by atoms with Gasteiger partial charge in [-0.15, -0.1) is 0 Å². The number of nitrogen functional groups attached to an aromatic ring is 2. The second kappa shape index (κ2) is 10.8. The largest absolute Gasteiger partial charge is 0.399 e. The first-order valence-corrected chi connectivity index (χ1v) is 15.2. The smallest absolute Gasteiger partial charge is 0.295 e. The van der Waals surface area contributed by atoms with Crippen LogP contribution >= 0.6 is 23.5 Å². The first-order valence-electron chi connectivity index (χ1n) is 10.7. The van der Waals surface area contributed by atoms with Gasteiger partial charge in [0.1, 0.15) is 9.79 Å². The van der Waals surface area contributed by atoms with E-state index < -0.39 is 35.8 Å². The highest BCUT2D eigenvalue weighted by molar-refractivity contribution is 8.00. The second-order valence-electron chi connectivity index (χ2n) is 7.94. The Morgan fingerprint density at radius 2 is 0.921 bits per heavy atom. The van der Waals surface area contributed by atoms with E-state index >= 15 is 0 Å². The monoisotopic (exact) mass is 588 g/mol. The van der Waals surface area contributed by atoms with Gasteiger partial charge in [0, 0.05) is 42.1 Å². The van der Waals surface area contributed by atoms with Gasteiger partial charge in [-0.2, -0.15) is 16.8 Å². The van der Waals surface area contributed by atoms with Gasteiger partial charge >= 0.3 is 0 Å². The van der Waals surface area contributed by atoms with Crippen molar-refractivity contribution in [2.75, 3.05) is 11.5 Å². The molecule has 0 spiro atoms. The summed E-state index contributed by atoms with van der Waals surface area (Å²) in [7, 11) is -9.44. The van der Waals surface area contributed by atoms with Crippen LogP contribution in [0, 0.1) is 0 Å². The summed E-state index contributed by atoms with van der Waals surface area (Å²) >= 11 is 2.09. The van der Waals surface area contributed by atoms with Gasteiger partial charge in [0.05, 0.1) is 0 Å². The maximum atomic E-state index is 13.2. The summed E-state index contributed by atoms with van der Waals surface area (Å²) in [5.74, 6) is -0.715. The number of hydrogen-bond acceptors (Lipinski definition) is 9. The van der Waals surface area contributed by atoms with Gasteiger partial charge in [0.2, 0.25) is 0 Å². The van der Waals surface area contributed by atoms with Gasteiger partial charge in [-0.3, -0.25) is 13.9 Å². The Morgan fingerprint density at radius 3 is 1.24 bits per heavy atom. The predicted molar refractivity (Wildman–Crippen MR) is 146 cm³/mol.